The number of esters is 1. The minimum absolute atomic E-state index is 0.129. The van der Waals surface area contributed by atoms with Gasteiger partial charge in [0, 0.05) is 12.1 Å². The van der Waals surface area contributed by atoms with Crippen LogP contribution in [0, 0.1) is 0 Å². The van der Waals surface area contributed by atoms with Gasteiger partial charge < -0.3 is 9.84 Å². The molecule has 0 saturated carbocycles. The fourth-order valence-corrected chi connectivity index (χ4v) is 1.53. The Bertz CT molecular complexity index is 504. The van der Waals surface area contributed by atoms with Crippen molar-refractivity contribution in [2.45, 2.75) is 6.92 Å². The van der Waals surface area contributed by atoms with Gasteiger partial charge in [-0.25, -0.2) is 4.79 Å². The van der Waals surface area contributed by atoms with Crippen molar-refractivity contribution >= 4 is 17.6 Å². The number of carbonyl (C=O) groups excluding carboxylic acids is 2. The van der Waals surface area contributed by atoms with E-state index in [1.807, 2.05) is 0 Å². The Morgan fingerprint density at radius 2 is 2.25 bits per heavy atom. The van der Waals surface area contributed by atoms with Crippen molar-refractivity contribution in [1.82, 2.24) is 0 Å². The summed E-state index contributed by atoms with van der Waals surface area (Å²) in [5, 5.41) is 11.7. The maximum atomic E-state index is 11.7. The number of fused-ring (bicyclic) bond motifs is 1. The zero-order valence-electron chi connectivity index (χ0n) is 8.60. The highest BCUT2D eigenvalue weighted by molar-refractivity contribution is 6.26. The van der Waals surface area contributed by atoms with Gasteiger partial charge in [0.2, 0.25) is 0 Å². The van der Waals surface area contributed by atoms with Gasteiger partial charge in [0.15, 0.2) is 17.7 Å². The molecule has 0 aliphatic carbocycles. The van der Waals surface area contributed by atoms with Gasteiger partial charge in [0.1, 0.15) is 0 Å². The Balaban J connectivity index is 2.48. The average molecular weight is 219 g/mol. The predicted octanol–water partition coefficient (Wildman–Crippen LogP) is -0.738. The number of hydrogen-bond donors (Lipinski definition) is 0. The van der Waals surface area contributed by atoms with Crippen molar-refractivity contribution in [2.24, 2.45) is 0 Å². The molecule has 0 radical (unpaired) electrons. The van der Waals surface area contributed by atoms with Crippen molar-refractivity contribution in [2.75, 3.05) is 6.61 Å². The first-order valence-corrected chi connectivity index (χ1v) is 4.81. The van der Waals surface area contributed by atoms with Crippen molar-refractivity contribution < 1.29 is 24.0 Å². The molecule has 2 rings (SSSR count). The fraction of sp³-hybridized carbons (Fsp3) is 0.182. The lowest BCUT2D eigenvalue weighted by Gasteiger charge is -2.03. The van der Waals surface area contributed by atoms with E-state index in [2.05, 4.69) is 4.74 Å². The van der Waals surface area contributed by atoms with E-state index >= 15 is 0 Å². The maximum Gasteiger partial charge on any atom is 0.347 e. The first-order valence-electron chi connectivity index (χ1n) is 4.81. The maximum absolute atomic E-state index is 11.7. The number of pyridine rings is 1. The summed E-state index contributed by atoms with van der Waals surface area (Å²) in [5.41, 5.74) is -0.233. The van der Waals surface area contributed by atoms with Crippen molar-refractivity contribution in [3.8, 4) is 0 Å². The first kappa shape index (κ1) is 10.4. The van der Waals surface area contributed by atoms with E-state index < -0.39 is 23.2 Å². The number of ether oxygens (including phenoxy) is 1. The van der Waals surface area contributed by atoms with E-state index in [0.29, 0.717) is 0 Å². The Kier molecular flexibility index (Phi) is 2.44. The van der Waals surface area contributed by atoms with Crippen LogP contribution in [0.3, 0.4) is 0 Å². The molecule has 1 aromatic heterocycles. The molecule has 0 aromatic carbocycles. The average Bonchev–Trinajstić information content (AvgIpc) is 2.53. The minimum Gasteiger partial charge on any atom is -0.822 e. The lowest BCUT2D eigenvalue weighted by Crippen LogP contribution is -2.39. The second-order valence-electron chi connectivity index (χ2n) is 3.19. The van der Waals surface area contributed by atoms with Crippen LogP contribution < -0.4 is 9.67 Å². The van der Waals surface area contributed by atoms with Gasteiger partial charge in [-0.15, -0.1) is 0 Å². The summed E-state index contributed by atoms with van der Waals surface area (Å²) in [4.78, 5) is 23.2. The normalized spacial score (nSPS) is 13.9. The first-order chi connectivity index (χ1) is 7.66. The fourth-order valence-electron chi connectivity index (χ4n) is 1.53. The molecular formula is C11H9NO4. The Morgan fingerprint density at radius 1 is 1.50 bits per heavy atom. The van der Waals surface area contributed by atoms with E-state index in [1.54, 1.807) is 19.1 Å². The Labute approximate surface area is 91.6 Å². The lowest BCUT2D eigenvalue weighted by atomic mass is 10.1. The predicted molar refractivity (Wildman–Crippen MR) is 50.8 cm³/mol. The van der Waals surface area contributed by atoms with E-state index in [-0.39, 0.29) is 12.3 Å². The van der Waals surface area contributed by atoms with Crippen LogP contribution in [0.2, 0.25) is 0 Å². The third-order valence-corrected chi connectivity index (χ3v) is 2.23. The van der Waals surface area contributed by atoms with Crippen LogP contribution >= 0.6 is 0 Å². The quantitative estimate of drug-likeness (QED) is 0.373. The highest BCUT2D eigenvalue weighted by atomic mass is 16.5. The Hall–Kier alpha value is -2.17. The van der Waals surface area contributed by atoms with Gasteiger partial charge in [-0.2, -0.15) is 4.57 Å². The van der Waals surface area contributed by atoms with Crippen LogP contribution in [0.15, 0.2) is 30.0 Å². The van der Waals surface area contributed by atoms with E-state index in [1.165, 1.54) is 12.3 Å². The zero-order chi connectivity index (χ0) is 11.7. The molecule has 0 bridgehead atoms. The topological polar surface area (TPSA) is 70.3 Å². The Morgan fingerprint density at radius 3 is 2.88 bits per heavy atom. The summed E-state index contributed by atoms with van der Waals surface area (Å²) in [5.74, 6) is -2.07. The van der Waals surface area contributed by atoms with Gasteiger partial charge in [0.25, 0.3) is 11.5 Å². The van der Waals surface area contributed by atoms with E-state index in [0.717, 1.165) is 4.57 Å². The molecule has 0 atom stereocenters. The SMILES string of the molecule is CCOC(=O)C1=C([O-])[n+]2ccccc2C1=O. The molecule has 1 aliphatic rings. The molecule has 5 heteroatoms. The molecule has 0 amide bonds. The molecule has 0 spiro atoms. The van der Waals surface area contributed by atoms with Gasteiger partial charge in [-0.3, -0.25) is 4.79 Å². The molecule has 0 unspecified atom stereocenters. The summed E-state index contributed by atoms with van der Waals surface area (Å²) < 4.78 is 5.81. The zero-order valence-corrected chi connectivity index (χ0v) is 8.60. The molecule has 2 heterocycles. The third kappa shape index (κ3) is 1.37. The number of nitrogens with zero attached hydrogens (tertiary/aromatic N) is 1. The summed E-state index contributed by atoms with van der Waals surface area (Å²) in [6, 6.07) is 4.74. The second-order valence-corrected chi connectivity index (χ2v) is 3.19. The molecule has 1 aliphatic heterocycles. The highest BCUT2D eigenvalue weighted by Gasteiger charge is 2.38. The third-order valence-electron chi connectivity index (χ3n) is 2.23. The lowest BCUT2D eigenvalue weighted by molar-refractivity contribution is -0.650. The number of hydrogen-bond acceptors (Lipinski definition) is 4. The summed E-state index contributed by atoms with van der Waals surface area (Å²) in [7, 11) is 0. The summed E-state index contributed by atoms with van der Waals surface area (Å²) in [6.07, 6.45) is 1.45. The number of ketones is 1. The number of carbonyl (C=O) groups is 2. The van der Waals surface area contributed by atoms with Gasteiger partial charge in [-0.05, 0) is 13.0 Å². The molecule has 82 valence electrons. The van der Waals surface area contributed by atoms with Gasteiger partial charge in [-0.1, -0.05) is 0 Å². The largest absolute Gasteiger partial charge is 0.822 e. The van der Waals surface area contributed by atoms with Crippen LogP contribution in [0.1, 0.15) is 17.4 Å². The monoisotopic (exact) mass is 219 g/mol. The van der Waals surface area contributed by atoms with Crippen molar-refractivity contribution in [3.63, 3.8) is 0 Å². The molecular weight excluding hydrogens is 210 g/mol. The standard InChI is InChI=1S/C11H9NO4/c1-2-16-11(15)8-9(13)7-5-3-4-6-12(7)10(8)14/h3-6H,2H2,1H3. The van der Waals surface area contributed by atoms with Gasteiger partial charge >= 0.3 is 5.97 Å². The highest BCUT2D eigenvalue weighted by Crippen LogP contribution is 2.16. The van der Waals surface area contributed by atoms with Crippen LogP contribution in [0.25, 0.3) is 5.88 Å². The van der Waals surface area contributed by atoms with E-state index in [9.17, 15) is 14.7 Å². The summed E-state index contributed by atoms with van der Waals surface area (Å²) >= 11 is 0. The van der Waals surface area contributed by atoms with E-state index in [4.69, 9.17) is 0 Å². The van der Waals surface area contributed by atoms with Gasteiger partial charge in [0.05, 0.1) is 6.61 Å². The molecule has 16 heavy (non-hydrogen) atoms. The number of aromatic nitrogens is 1. The van der Waals surface area contributed by atoms with Crippen LogP contribution in [-0.4, -0.2) is 18.4 Å². The van der Waals surface area contributed by atoms with Crippen molar-refractivity contribution in [3.05, 3.63) is 35.7 Å². The smallest absolute Gasteiger partial charge is 0.347 e. The second kappa shape index (κ2) is 3.77. The molecule has 5 nitrogen and oxygen atoms in total. The molecule has 1 aromatic rings. The molecule has 0 N–H and O–H groups in total. The van der Waals surface area contributed by atoms with Crippen molar-refractivity contribution in [1.29, 1.82) is 0 Å². The summed E-state index contributed by atoms with van der Waals surface area (Å²) in [6.45, 7) is 1.74. The van der Waals surface area contributed by atoms with Crippen LogP contribution in [0.4, 0.5) is 0 Å². The number of rotatable bonds is 2. The van der Waals surface area contributed by atoms with Crippen LogP contribution in [0.5, 0.6) is 0 Å². The van der Waals surface area contributed by atoms with Crippen LogP contribution in [-0.2, 0) is 9.53 Å². The molecule has 0 fully saturated rings. The molecule has 0 saturated heterocycles. The number of Topliss-reactive ketones (excluding diaryl/α,β-unsaturated/α-hetero) is 1. The minimum atomic E-state index is -0.860.